The third kappa shape index (κ3) is 2.47. The lowest BCUT2D eigenvalue weighted by Gasteiger charge is -2.05. The molecule has 1 aromatic carbocycles. The van der Waals surface area contributed by atoms with Gasteiger partial charge in [-0.1, -0.05) is 30.3 Å². The summed E-state index contributed by atoms with van der Waals surface area (Å²) in [5.74, 6) is -0.257. The third-order valence-corrected chi connectivity index (χ3v) is 1.77. The number of carbonyl (C=O) groups is 1. The van der Waals surface area contributed by atoms with Gasteiger partial charge in [-0.05, 0) is 12.0 Å². The van der Waals surface area contributed by atoms with E-state index >= 15 is 0 Å². The van der Waals surface area contributed by atoms with Crippen molar-refractivity contribution in [1.29, 1.82) is 0 Å². The smallest absolute Gasteiger partial charge is 0.125 e. The van der Waals surface area contributed by atoms with Crippen LogP contribution in [-0.2, 0) is 11.2 Å². The van der Waals surface area contributed by atoms with Crippen molar-refractivity contribution in [2.45, 2.75) is 6.42 Å². The molecule has 0 radical (unpaired) electrons. The Morgan fingerprint density at radius 2 is 2.00 bits per heavy atom. The first-order valence-corrected chi connectivity index (χ1v) is 3.97. The van der Waals surface area contributed by atoms with E-state index in [1.807, 2.05) is 30.3 Å². The molecular weight excluding hydrogens is 152 g/mol. The Bertz CT molecular complexity index is 231. The highest BCUT2D eigenvalue weighted by Gasteiger charge is 2.05. The van der Waals surface area contributed by atoms with E-state index in [-0.39, 0.29) is 12.5 Å². The molecule has 0 bridgehead atoms. The molecule has 1 aromatic rings. The van der Waals surface area contributed by atoms with Gasteiger partial charge in [0.15, 0.2) is 0 Å². The molecule has 1 atom stereocenters. The molecule has 0 spiro atoms. The molecule has 64 valence electrons. The number of benzene rings is 1. The van der Waals surface area contributed by atoms with Crippen molar-refractivity contribution in [3.63, 3.8) is 0 Å². The molecule has 0 aliphatic heterocycles. The van der Waals surface area contributed by atoms with Gasteiger partial charge in [-0.3, -0.25) is 0 Å². The second kappa shape index (κ2) is 4.67. The number of aldehydes is 1. The van der Waals surface area contributed by atoms with E-state index in [1.54, 1.807) is 0 Å². The van der Waals surface area contributed by atoms with Gasteiger partial charge in [0.05, 0.1) is 6.61 Å². The maximum absolute atomic E-state index is 10.4. The Hall–Kier alpha value is -1.15. The van der Waals surface area contributed by atoms with Gasteiger partial charge in [-0.25, -0.2) is 0 Å². The number of hydrogen-bond donors (Lipinski definition) is 1. The Morgan fingerprint density at radius 1 is 1.33 bits per heavy atom. The van der Waals surface area contributed by atoms with E-state index in [2.05, 4.69) is 0 Å². The largest absolute Gasteiger partial charge is 0.396 e. The zero-order chi connectivity index (χ0) is 8.81. The topological polar surface area (TPSA) is 37.3 Å². The molecule has 0 fully saturated rings. The lowest BCUT2D eigenvalue weighted by molar-refractivity contribution is -0.112. The van der Waals surface area contributed by atoms with Crippen molar-refractivity contribution in [3.05, 3.63) is 35.9 Å². The minimum atomic E-state index is -0.257. The van der Waals surface area contributed by atoms with Crippen LogP contribution in [0.15, 0.2) is 30.3 Å². The maximum atomic E-state index is 10.4. The third-order valence-electron chi connectivity index (χ3n) is 1.77. The van der Waals surface area contributed by atoms with Crippen LogP contribution in [0, 0.1) is 5.92 Å². The molecule has 0 aromatic heterocycles. The Balaban J connectivity index is 2.56. The fourth-order valence-corrected chi connectivity index (χ4v) is 1.07. The van der Waals surface area contributed by atoms with Crippen LogP contribution >= 0.6 is 0 Å². The predicted octanol–water partition coefficient (Wildman–Crippen LogP) is 1.04. The highest BCUT2D eigenvalue weighted by Crippen LogP contribution is 2.05. The molecule has 0 saturated heterocycles. The van der Waals surface area contributed by atoms with E-state index in [0.717, 1.165) is 11.8 Å². The van der Waals surface area contributed by atoms with Crippen molar-refractivity contribution >= 4 is 6.29 Å². The highest BCUT2D eigenvalue weighted by atomic mass is 16.3. The first kappa shape index (κ1) is 8.94. The zero-order valence-corrected chi connectivity index (χ0v) is 6.81. The Morgan fingerprint density at radius 3 is 2.50 bits per heavy atom. The van der Waals surface area contributed by atoms with Crippen LogP contribution in [0.1, 0.15) is 5.56 Å². The van der Waals surface area contributed by atoms with Crippen LogP contribution in [0.4, 0.5) is 0 Å². The number of aliphatic hydroxyl groups excluding tert-OH is 1. The maximum Gasteiger partial charge on any atom is 0.125 e. The Labute approximate surface area is 71.8 Å². The summed E-state index contributed by atoms with van der Waals surface area (Å²) >= 11 is 0. The average Bonchev–Trinajstić information content (AvgIpc) is 2.16. The lowest BCUT2D eigenvalue weighted by Crippen LogP contribution is -2.10. The summed E-state index contributed by atoms with van der Waals surface area (Å²) in [6, 6.07) is 9.68. The van der Waals surface area contributed by atoms with E-state index < -0.39 is 0 Å². The predicted molar refractivity (Wildman–Crippen MR) is 46.8 cm³/mol. The molecule has 2 heteroatoms. The van der Waals surface area contributed by atoms with E-state index in [1.165, 1.54) is 0 Å². The first-order chi connectivity index (χ1) is 5.86. The van der Waals surface area contributed by atoms with E-state index in [0.29, 0.717) is 6.42 Å². The molecule has 0 aliphatic carbocycles. The van der Waals surface area contributed by atoms with Gasteiger partial charge in [-0.2, -0.15) is 0 Å². The van der Waals surface area contributed by atoms with Crippen LogP contribution in [0.3, 0.4) is 0 Å². The van der Waals surface area contributed by atoms with Gasteiger partial charge in [0.1, 0.15) is 6.29 Å². The SMILES string of the molecule is O=C[C@H](CO)Cc1ccccc1. The quantitative estimate of drug-likeness (QED) is 0.675. The molecule has 0 unspecified atom stereocenters. The van der Waals surface area contributed by atoms with Gasteiger partial charge in [0, 0.05) is 5.92 Å². The van der Waals surface area contributed by atoms with Crippen LogP contribution < -0.4 is 0 Å². The first-order valence-electron chi connectivity index (χ1n) is 3.97. The summed E-state index contributed by atoms with van der Waals surface area (Å²) in [6.07, 6.45) is 1.42. The molecular formula is C10H12O2. The second-order valence-corrected chi connectivity index (χ2v) is 2.77. The summed E-state index contributed by atoms with van der Waals surface area (Å²) in [6.45, 7) is -0.0710. The summed E-state index contributed by atoms with van der Waals surface area (Å²) in [4.78, 5) is 10.4. The fraction of sp³-hybridized carbons (Fsp3) is 0.300. The Kier molecular flexibility index (Phi) is 3.48. The molecule has 1 rings (SSSR count). The van der Waals surface area contributed by atoms with E-state index in [4.69, 9.17) is 5.11 Å². The summed E-state index contributed by atoms with van der Waals surface area (Å²) in [7, 11) is 0. The molecule has 0 amide bonds. The lowest BCUT2D eigenvalue weighted by atomic mass is 10.0. The van der Waals surface area contributed by atoms with Gasteiger partial charge >= 0.3 is 0 Å². The zero-order valence-electron chi connectivity index (χ0n) is 6.81. The van der Waals surface area contributed by atoms with Crippen molar-refractivity contribution in [1.82, 2.24) is 0 Å². The fourth-order valence-electron chi connectivity index (χ4n) is 1.07. The second-order valence-electron chi connectivity index (χ2n) is 2.77. The molecule has 1 N–H and O–H groups in total. The normalized spacial score (nSPS) is 12.4. The highest BCUT2D eigenvalue weighted by molar-refractivity contribution is 5.54. The van der Waals surface area contributed by atoms with Gasteiger partial charge in [-0.15, -0.1) is 0 Å². The monoisotopic (exact) mass is 164 g/mol. The minimum Gasteiger partial charge on any atom is -0.396 e. The summed E-state index contributed by atoms with van der Waals surface area (Å²) < 4.78 is 0. The van der Waals surface area contributed by atoms with Gasteiger partial charge < -0.3 is 9.90 Å². The van der Waals surface area contributed by atoms with Crippen molar-refractivity contribution in [2.75, 3.05) is 6.61 Å². The molecule has 12 heavy (non-hydrogen) atoms. The number of carbonyl (C=O) groups excluding carboxylic acids is 1. The van der Waals surface area contributed by atoms with Crippen molar-refractivity contribution < 1.29 is 9.90 Å². The van der Waals surface area contributed by atoms with Crippen molar-refractivity contribution in [2.24, 2.45) is 5.92 Å². The summed E-state index contributed by atoms with van der Waals surface area (Å²) in [5, 5.41) is 8.76. The summed E-state index contributed by atoms with van der Waals surface area (Å²) in [5.41, 5.74) is 1.09. The molecule has 0 heterocycles. The van der Waals surface area contributed by atoms with E-state index in [9.17, 15) is 4.79 Å². The van der Waals surface area contributed by atoms with Crippen LogP contribution in [0.5, 0.6) is 0 Å². The van der Waals surface area contributed by atoms with Crippen molar-refractivity contribution in [3.8, 4) is 0 Å². The number of hydrogen-bond acceptors (Lipinski definition) is 2. The average molecular weight is 164 g/mol. The van der Waals surface area contributed by atoms with Crippen LogP contribution in [0.2, 0.25) is 0 Å². The standard InChI is InChI=1S/C10H12O2/c11-7-10(8-12)6-9-4-2-1-3-5-9/h1-5,7,10,12H,6,8H2/t10-/m1/s1. The number of aliphatic hydroxyl groups is 1. The van der Waals surface area contributed by atoms with Crippen LogP contribution in [-0.4, -0.2) is 18.0 Å². The van der Waals surface area contributed by atoms with Gasteiger partial charge in [0.25, 0.3) is 0 Å². The van der Waals surface area contributed by atoms with Gasteiger partial charge in [0.2, 0.25) is 0 Å². The molecule has 0 aliphatic rings. The van der Waals surface area contributed by atoms with Crippen LogP contribution in [0.25, 0.3) is 0 Å². The molecule has 0 saturated carbocycles. The minimum absolute atomic E-state index is 0.0710. The molecule has 2 nitrogen and oxygen atoms in total. The number of rotatable bonds is 4.